The van der Waals surface area contributed by atoms with E-state index < -0.39 is 17.1 Å². The quantitative estimate of drug-likeness (QED) is 0.325. The summed E-state index contributed by atoms with van der Waals surface area (Å²) in [7, 11) is 0. The summed E-state index contributed by atoms with van der Waals surface area (Å²) in [4.78, 5) is 46.0. The van der Waals surface area contributed by atoms with Crippen molar-refractivity contribution in [3.8, 4) is 0 Å². The van der Waals surface area contributed by atoms with E-state index in [1.54, 1.807) is 4.90 Å². The van der Waals surface area contributed by atoms with Crippen molar-refractivity contribution >= 4 is 29.4 Å². The molecule has 3 aromatic rings. The van der Waals surface area contributed by atoms with E-state index in [4.69, 9.17) is 16.3 Å². The van der Waals surface area contributed by atoms with Gasteiger partial charge in [-0.2, -0.15) is 0 Å². The van der Waals surface area contributed by atoms with Crippen LogP contribution in [0.1, 0.15) is 45.6 Å². The number of halogens is 1. The first-order chi connectivity index (χ1) is 19.1. The molecule has 1 aliphatic rings. The minimum atomic E-state index is -0.569. The zero-order chi connectivity index (χ0) is 28.7. The molecule has 1 aromatic carbocycles. The molecule has 0 bridgehead atoms. The highest BCUT2D eigenvalue weighted by molar-refractivity contribution is 6.28. The van der Waals surface area contributed by atoms with Gasteiger partial charge in [0.25, 0.3) is 16.8 Å². The molecule has 0 atom stereocenters. The number of hydrogen-bond acceptors (Lipinski definition) is 9. The fourth-order valence-corrected chi connectivity index (χ4v) is 4.09. The van der Waals surface area contributed by atoms with Crippen LogP contribution in [0.25, 0.3) is 0 Å². The highest BCUT2D eigenvalue weighted by atomic mass is 35.5. The topological polar surface area (TPSA) is 140 Å². The Morgan fingerprint density at radius 1 is 1.20 bits per heavy atom. The van der Waals surface area contributed by atoms with E-state index in [2.05, 4.69) is 25.8 Å². The van der Waals surface area contributed by atoms with Crippen LogP contribution in [0.2, 0.25) is 5.28 Å². The Labute approximate surface area is 237 Å². The second-order valence-electron chi connectivity index (χ2n) is 10.6. The molecule has 13 nitrogen and oxygen atoms in total. The summed E-state index contributed by atoms with van der Waals surface area (Å²) in [6.45, 7) is 6.95. The smallest absolute Gasteiger partial charge is 0.410 e. The van der Waals surface area contributed by atoms with E-state index in [1.807, 2.05) is 51.1 Å². The second kappa shape index (κ2) is 12.9. The molecule has 2 amide bonds. The number of aromatic nitrogens is 6. The summed E-state index contributed by atoms with van der Waals surface area (Å²) in [5.74, 6) is 0.174. The number of tetrazole rings is 1. The average Bonchev–Trinajstić information content (AvgIpc) is 3.63. The summed E-state index contributed by atoms with van der Waals surface area (Å²) in [5, 5.41) is 15.2. The molecule has 0 unspecified atom stereocenters. The Bertz CT molecular complexity index is 1350. The lowest BCUT2D eigenvalue weighted by Gasteiger charge is -2.27. The standard InChI is InChI=1S/C26H34ClN9O4/c1-26(2,3)40-25(39)34(16-20-10-11-20)14-7-12-28-22-23(38)33(15-13-29-22)18-21(37)35(36-24(27)30-31-32-36)17-19-8-5-4-6-9-19/h4-6,8-9,13,15,20H,7,10-12,14,16-18H2,1-3H3,(H,28,29). The third-order valence-corrected chi connectivity index (χ3v) is 6.28. The van der Waals surface area contributed by atoms with E-state index in [1.165, 1.54) is 22.0 Å². The SMILES string of the molecule is CC(C)(C)OC(=O)N(CCCNc1nccn(CC(=O)N(Cc2ccccc2)n2nnnc2Cl)c1=O)CC1CC1. The molecule has 40 heavy (non-hydrogen) atoms. The first-order valence-corrected chi connectivity index (χ1v) is 13.5. The Balaban J connectivity index is 1.38. The number of benzene rings is 1. The van der Waals surface area contributed by atoms with Gasteiger partial charge in [-0.1, -0.05) is 35.4 Å². The van der Waals surface area contributed by atoms with Crippen LogP contribution in [0.5, 0.6) is 0 Å². The van der Waals surface area contributed by atoms with Gasteiger partial charge < -0.3 is 19.5 Å². The van der Waals surface area contributed by atoms with E-state index >= 15 is 0 Å². The molecule has 4 rings (SSSR count). The third kappa shape index (κ3) is 8.25. The van der Waals surface area contributed by atoms with Crippen molar-refractivity contribution in [1.82, 2.24) is 34.8 Å². The maximum Gasteiger partial charge on any atom is 0.410 e. The first-order valence-electron chi connectivity index (χ1n) is 13.2. The van der Waals surface area contributed by atoms with Gasteiger partial charge >= 0.3 is 6.09 Å². The molecule has 214 valence electrons. The van der Waals surface area contributed by atoms with Crippen LogP contribution in [0, 0.1) is 5.92 Å². The molecule has 0 radical (unpaired) electrons. The van der Waals surface area contributed by atoms with E-state index in [9.17, 15) is 14.4 Å². The number of nitrogens with zero attached hydrogens (tertiary/aromatic N) is 8. The minimum Gasteiger partial charge on any atom is -0.444 e. The van der Waals surface area contributed by atoms with E-state index in [-0.39, 0.29) is 30.3 Å². The predicted octanol–water partition coefficient (Wildman–Crippen LogP) is 2.70. The van der Waals surface area contributed by atoms with Gasteiger partial charge in [0.05, 0.1) is 6.54 Å². The molecule has 0 spiro atoms. The second-order valence-corrected chi connectivity index (χ2v) is 11.0. The van der Waals surface area contributed by atoms with Crippen LogP contribution < -0.4 is 15.9 Å². The van der Waals surface area contributed by atoms with Crippen molar-refractivity contribution in [3.05, 3.63) is 63.9 Å². The van der Waals surface area contributed by atoms with Gasteiger partial charge in [-0.25, -0.2) is 14.8 Å². The molecule has 1 fully saturated rings. The fraction of sp³-hybridized carbons (Fsp3) is 0.500. The molecule has 1 aliphatic carbocycles. The average molecular weight is 572 g/mol. The van der Waals surface area contributed by atoms with Crippen molar-refractivity contribution in [1.29, 1.82) is 0 Å². The normalized spacial score (nSPS) is 13.1. The van der Waals surface area contributed by atoms with Crippen LogP contribution in [-0.2, 0) is 22.6 Å². The van der Waals surface area contributed by atoms with Crippen LogP contribution in [-0.4, -0.2) is 72.0 Å². The number of nitrogens with one attached hydrogen (secondary N) is 1. The van der Waals surface area contributed by atoms with Gasteiger partial charge in [0.1, 0.15) is 12.1 Å². The Kier molecular flexibility index (Phi) is 9.35. The summed E-state index contributed by atoms with van der Waals surface area (Å²) < 4.78 is 6.81. The monoisotopic (exact) mass is 571 g/mol. The van der Waals surface area contributed by atoms with E-state index in [0.717, 1.165) is 23.2 Å². The summed E-state index contributed by atoms with van der Waals surface area (Å²) in [6.07, 6.45) is 5.37. The number of rotatable bonds is 12. The fourth-order valence-electron chi connectivity index (χ4n) is 3.93. The first kappa shape index (κ1) is 29.0. The van der Waals surface area contributed by atoms with Crippen LogP contribution in [0.3, 0.4) is 0 Å². The number of amides is 2. The molecule has 1 N–H and O–H groups in total. The van der Waals surface area contributed by atoms with Crippen LogP contribution in [0.4, 0.5) is 10.6 Å². The Morgan fingerprint density at radius 3 is 2.60 bits per heavy atom. The number of ether oxygens (including phenoxy) is 1. The number of anilines is 1. The summed E-state index contributed by atoms with van der Waals surface area (Å²) in [5.41, 5.74) is -0.200. The maximum atomic E-state index is 13.3. The molecule has 14 heteroatoms. The van der Waals surface area contributed by atoms with Crippen molar-refractivity contribution in [3.63, 3.8) is 0 Å². The number of carbonyl (C=O) groups excluding carboxylic acids is 2. The predicted molar refractivity (Wildman–Crippen MR) is 148 cm³/mol. The lowest BCUT2D eigenvalue weighted by molar-refractivity contribution is -0.121. The third-order valence-electron chi connectivity index (χ3n) is 6.05. The lowest BCUT2D eigenvalue weighted by Crippen LogP contribution is -2.44. The Hall–Kier alpha value is -4.00. The largest absolute Gasteiger partial charge is 0.444 e. The van der Waals surface area contributed by atoms with Gasteiger partial charge in [-0.15, -0.1) is 4.79 Å². The van der Waals surface area contributed by atoms with Crippen molar-refractivity contribution < 1.29 is 14.3 Å². The van der Waals surface area contributed by atoms with Gasteiger partial charge in [-0.3, -0.25) is 9.59 Å². The molecule has 0 saturated heterocycles. The van der Waals surface area contributed by atoms with Crippen LogP contribution >= 0.6 is 11.6 Å². The maximum absolute atomic E-state index is 13.3. The summed E-state index contributed by atoms with van der Waals surface area (Å²) >= 11 is 6.09. The van der Waals surface area contributed by atoms with E-state index in [0.29, 0.717) is 32.0 Å². The number of hydrogen-bond donors (Lipinski definition) is 1. The van der Waals surface area contributed by atoms with Crippen LogP contribution in [0.15, 0.2) is 47.5 Å². The zero-order valence-corrected chi connectivity index (χ0v) is 23.6. The molecule has 1 saturated carbocycles. The lowest BCUT2D eigenvalue weighted by atomic mass is 10.2. The molecule has 0 aliphatic heterocycles. The molecular weight excluding hydrogens is 538 g/mol. The highest BCUT2D eigenvalue weighted by Crippen LogP contribution is 2.30. The van der Waals surface area contributed by atoms with Crippen molar-refractivity contribution in [2.75, 3.05) is 30.0 Å². The van der Waals surface area contributed by atoms with Gasteiger partial charge in [-0.05, 0) is 73.5 Å². The summed E-state index contributed by atoms with van der Waals surface area (Å²) in [6, 6.07) is 9.28. The molecule has 2 aromatic heterocycles. The highest BCUT2D eigenvalue weighted by Gasteiger charge is 2.29. The minimum absolute atomic E-state index is 0.0872. The van der Waals surface area contributed by atoms with Gasteiger partial charge in [0.15, 0.2) is 5.82 Å². The van der Waals surface area contributed by atoms with Crippen molar-refractivity contribution in [2.45, 2.75) is 58.7 Å². The van der Waals surface area contributed by atoms with Gasteiger partial charge in [0, 0.05) is 32.0 Å². The van der Waals surface area contributed by atoms with Gasteiger partial charge in [0.2, 0.25) is 0 Å². The molecule has 2 heterocycles. The Morgan fingerprint density at radius 2 is 1.95 bits per heavy atom. The number of carbonyl (C=O) groups is 2. The zero-order valence-electron chi connectivity index (χ0n) is 22.9. The molecular formula is C26H34ClN9O4. The van der Waals surface area contributed by atoms with Crippen molar-refractivity contribution in [2.24, 2.45) is 5.92 Å².